The summed E-state index contributed by atoms with van der Waals surface area (Å²) >= 11 is 0. The van der Waals surface area contributed by atoms with E-state index >= 15 is 0 Å². The molecule has 2 fully saturated rings. The zero-order valence-electron chi connectivity index (χ0n) is 17.3. The fourth-order valence-electron chi connectivity index (χ4n) is 3.68. The number of ether oxygens (including phenoxy) is 1. The molecule has 2 aliphatic heterocycles. The summed E-state index contributed by atoms with van der Waals surface area (Å²) in [5.41, 5.74) is 0. The molecule has 2 aliphatic rings. The Hall–Kier alpha value is -0.610. The number of nitrogens with one attached hydrogen (secondary N) is 1. The van der Waals surface area contributed by atoms with Crippen molar-refractivity contribution in [3.8, 4) is 0 Å². The molecule has 1 N–H and O–H groups in total. The van der Waals surface area contributed by atoms with Gasteiger partial charge in [0.15, 0.2) is 5.96 Å². The molecule has 158 valence electrons. The number of carbonyl (C=O) groups is 1. The van der Waals surface area contributed by atoms with Crippen LogP contribution in [-0.4, -0.2) is 98.7 Å². The van der Waals surface area contributed by atoms with E-state index in [0.717, 1.165) is 90.7 Å². The largest absolute Gasteiger partial charge is 0.382 e. The van der Waals surface area contributed by atoms with Crippen molar-refractivity contribution >= 4 is 35.8 Å². The molecule has 0 aromatic rings. The standard InChI is InChI=1S/C19H37N5O2.HI/c1-4-26-16-8-5-9-21-19(20-3)24-14-12-22(13-15-24)17(2)18(25)23-10-6-7-11-23;/h17H,4-16H2,1-3H3,(H,20,21);1H. The van der Waals surface area contributed by atoms with E-state index in [-0.39, 0.29) is 30.0 Å². The second kappa shape index (κ2) is 13.5. The number of hydrogen-bond acceptors (Lipinski definition) is 4. The van der Waals surface area contributed by atoms with Crippen LogP contribution >= 0.6 is 24.0 Å². The van der Waals surface area contributed by atoms with Crippen LogP contribution < -0.4 is 5.32 Å². The Morgan fingerprint density at radius 2 is 1.74 bits per heavy atom. The van der Waals surface area contributed by atoms with Crippen molar-refractivity contribution in [3.63, 3.8) is 0 Å². The van der Waals surface area contributed by atoms with Crippen molar-refractivity contribution in [2.75, 3.05) is 66.1 Å². The van der Waals surface area contributed by atoms with Crippen molar-refractivity contribution in [2.45, 2.75) is 45.6 Å². The maximum Gasteiger partial charge on any atom is 0.239 e. The van der Waals surface area contributed by atoms with Crippen molar-refractivity contribution in [3.05, 3.63) is 0 Å². The number of rotatable bonds is 8. The summed E-state index contributed by atoms with van der Waals surface area (Å²) in [6, 6.07) is -0.0104. The SMILES string of the molecule is CCOCCCCNC(=NC)N1CCN(C(C)C(=O)N2CCCC2)CC1.I. The van der Waals surface area contributed by atoms with E-state index in [1.807, 2.05) is 18.9 Å². The van der Waals surface area contributed by atoms with Crippen LogP contribution in [0.15, 0.2) is 4.99 Å². The van der Waals surface area contributed by atoms with E-state index < -0.39 is 0 Å². The minimum Gasteiger partial charge on any atom is -0.382 e. The lowest BCUT2D eigenvalue weighted by Gasteiger charge is -2.39. The number of likely N-dealkylation sites (tertiary alicyclic amines) is 1. The maximum absolute atomic E-state index is 12.6. The summed E-state index contributed by atoms with van der Waals surface area (Å²) in [5.74, 6) is 1.27. The van der Waals surface area contributed by atoms with Crippen molar-refractivity contribution < 1.29 is 9.53 Å². The third-order valence-electron chi connectivity index (χ3n) is 5.35. The highest BCUT2D eigenvalue weighted by molar-refractivity contribution is 14.0. The molecule has 2 heterocycles. The predicted octanol–water partition coefficient (Wildman–Crippen LogP) is 1.63. The zero-order chi connectivity index (χ0) is 18.8. The van der Waals surface area contributed by atoms with Crippen LogP contribution in [0.5, 0.6) is 0 Å². The van der Waals surface area contributed by atoms with Gasteiger partial charge in [-0.05, 0) is 39.5 Å². The number of guanidine groups is 1. The lowest BCUT2D eigenvalue weighted by molar-refractivity contribution is -0.135. The molecule has 7 nitrogen and oxygen atoms in total. The molecule has 0 bridgehead atoms. The van der Waals surface area contributed by atoms with E-state index in [1.165, 1.54) is 0 Å². The van der Waals surface area contributed by atoms with Crippen LogP contribution in [0.2, 0.25) is 0 Å². The Morgan fingerprint density at radius 1 is 1.07 bits per heavy atom. The van der Waals surface area contributed by atoms with Gasteiger partial charge in [0.05, 0.1) is 6.04 Å². The van der Waals surface area contributed by atoms with Gasteiger partial charge in [-0.2, -0.15) is 0 Å². The Morgan fingerprint density at radius 3 is 2.33 bits per heavy atom. The predicted molar refractivity (Wildman–Crippen MR) is 121 cm³/mol. The topological polar surface area (TPSA) is 60.4 Å². The first-order valence-corrected chi connectivity index (χ1v) is 10.2. The average molecular weight is 495 g/mol. The number of piperazine rings is 1. The fraction of sp³-hybridized carbons (Fsp3) is 0.895. The van der Waals surface area contributed by atoms with Crippen molar-refractivity contribution in [1.29, 1.82) is 0 Å². The molecule has 1 amide bonds. The summed E-state index contributed by atoms with van der Waals surface area (Å²) in [6.07, 6.45) is 4.46. The van der Waals surface area contributed by atoms with Gasteiger partial charge in [0.1, 0.15) is 0 Å². The van der Waals surface area contributed by atoms with Gasteiger partial charge >= 0.3 is 0 Å². The quantitative estimate of drug-likeness (QED) is 0.240. The molecule has 8 heteroatoms. The summed E-state index contributed by atoms with van der Waals surface area (Å²) in [5, 5.41) is 3.45. The highest BCUT2D eigenvalue weighted by atomic mass is 127. The second-order valence-electron chi connectivity index (χ2n) is 7.11. The molecule has 2 rings (SSSR count). The third-order valence-corrected chi connectivity index (χ3v) is 5.35. The highest BCUT2D eigenvalue weighted by Crippen LogP contribution is 2.14. The first kappa shape index (κ1) is 24.4. The summed E-state index contributed by atoms with van der Waals surface area (Å²) in [6.45, 7) is 12.1. The van der Waals surface area contributed by atoms with E-state index in [2.05, 4.69) is 27.0 Å². The van der Waals surface area contributed by atoms with Crippen molar-refractivity contribution in [2.24, 2.45) is 4.99 Å². The smallest absolute Gasteiger partial charge is 0.239 e. The van der Waals surface area contributed by atoms with Gasteiger partial charge in [0.2, 0.25) is 5.91 Å². The minimum absolute atomic E-state index is 0. The van der Waals surface area contributed by atoms with Crippen LogP contribution in [0.1, 0.15) is 39.5 Å². The van der Waals surface area contributed by atoms with Gasteiger partial charge in [-0.1, -0.05) is 0 Å². The van der Waals surface area contributed by atoms with Crippen molar-refractivity contribution in [1.82, 2.24) is 20.0 Å². The lowest BCUT2D eigenvalue weighted by Crippen LogP contribution is -2.57. The van der Waals surface area contributed by atoms with Gasteiger partial charge < -0.3 is 19.9 Å². The van der Waals surface area contributed by atoms with Gasteiger partial charge in [0.25, 0.3) is 0 Å². The molecule has 0 aromatic heterocycles. The van der Waals surface area contributed by atoms with Crippen LogP contribution in [0.3, 0.4) is 0 Å². The molecular formula is C19H38IN5O2. The molecule has 0 saturated carbocycles. The molecule has 2 saturated heterocycles. The molecule has 1 atom stereocenters. The normalized spacial score (nSPS) is 19.7. The Balaban J connectivity index is 0.00000364. The molecule has 0 aromatic carbocycles. The van der Waals surface area contributed by atoms with Crippen LogP contribution in [0, 0.1) is 0 Å². The van der Waals surface area contributed by atoms with Gasteiger partial charge in [0, 0.05) is 66.1 Å². The maximum atomic E-state index is 12.6. The number of hydrogen-bond donors (Lipinski definition) is 1. The van der Waals surface area contributed by atoms with E-state index in [9.17, 15) is 4.79 Å². The average Bonchev–Trinajstić information content (AvgIpc) is 3.21. The first-order valence-electron chi connectivity index (χ1n) is 10.2. The number of unbranched alkanes of at least 4 members (excludes halogenated alkanes) is 1. The molecule has 0 aliphatic carbocycles. The van der Waals surface area contributed by atoms with Gasteiger partial charge in [-0.25, -0.2) is 0 Å². The van der Waals surface area contributed by atoms with Gasteiger partial charge in [-0.15, -0.1) is 24.0 Å². The summed E-state index contributed by atoms with van der Waals surface area (Å²) < 4.78 is 5.37. The highest BCUT2D eigenvalue weighted by Gasteiger charge is 2.30. The Labute approximate surface area is 181 Å². The number of carbonyl (C=O) groups excluding carboxylic acids is 1. The Kier molecular flexibility index (Phi) is 12.3. The molecule has 0 spiro atoms. The lowest BCUT2D eigenvalue weighted by atomic mass is 10.2. The molecular weight excluding hydrogens is 457 g/mol. The number of aliphatic imine (C=N–C) groups is 1. The number of nitrogens with zero attached hydrogens (tertiary/aromatic N) is 4. The Bertz CT molecular complexity index is 449. The van der Waals surface area contributed by atoms with Crippen LogP contribution in [-0.2, 0) is 9.53 Å². The van der Waals surface area contributed by atoms with E-state index in [4.69, 9.17) is 4.74 Å². The minimum atomic E-state index is -0.0104. The third kappa shape index (κ3) is 7.73. The second-order valence-corrected chi connectivity index (χ2v) is 7.11. The van der Waals surface area contributed by atoms with Crippen LogP contribution in [0.4, 0.5) is 0 Å². The van der Waals surface area contributed by atoms with Gasteiger partial charge in [-0.3, -0.25) is 14.7 Å². The number of amides is 1. The zero-order valence-corrected chi connectivity index (χ0v) is 19.6. The summed E-state index contributed by atoms with van der Waals surface area (Å²) in [4.78, 5) is 23.6. The van der Waals surface area contributed by atoms with Crippen LogP contribution in [0.25, 0.3) is 0 Å². The molecule has 1 unspecified atom stereocenters. The molecule has 27 heavy (non-hydrogen) atoms. The monoisotopic (exact) mass is 495 g/mol. The van der Waals surface area contributed by atoms with E-state index in [0.29, 0.717) is 5.91 Å². The van der Waals surface area contributed by atoms with E-state index in [1.54, 1.807) is 0 Å². The fourth-order valence-corrected chi connectivity index (χ4v) is 3.68. The first-order chi connectivity index (χ1) is 12.7. The summed E-state index contributed by atoms with van der Waals surface area (Å²) in [7, 11) is 1.84. The number of halogens is 1. The molecule has 0 radical (unpaired) electrons.